The largest absolute Gasteiger partial charge is 0.301 e. The Morgan fingerprint density at radius 2 is 2.22 bits per heavy atom. The van der Waals surface area contributed by atoms with Crippen LogP contribution in [0.3, 0.4) is 0 Å². The molecule has 1 N–H and O–H groups in total. The second-order valence-corrected chi connectivity index (χ2v) is 6.61. The van der Waals surface area contributed by atoms with E-state index < -0.39 is 10.0 Å². The van der Waals surface area contributed by atoms with E-state index in [1.54, 1.807) is 0 Å². The highest BCUT2D eigenvalue weighted by Gasteiger charge is 2.31. The first kappa shape index (κ1) is 13.3. The Hall–Kier alpha value is -1.10. The Morgan fingerprint density at radius 1 is 1.44 bits per heavy atom. The Kier molecular flexibility index (Phi) is 3.90. The smallest absolute Gasteiger partial charge is 0.294 e. The molecule has 18 heavy (non-hydrogen) atoms. The first-order chi connectivity index (χ1) is 8.50. The van der Waals surface area contributed by atoms with E-state index in [0.29, 0.717) is 13.2 Å². The quantitative estimate of drug-likeness (QED) is 0.799. The van der Waals surface area contributed by atoms with E-state index in [1.807, 2.05) is 0 Å². The van der Waals surface area contributed by atoms with Gasteiger partial charge in [0.1, 0.15) is 0 Å². The predicted molar refractivity (Wildman–Crippen MR) is 63.3 cm³/mol. The summed E-state index contributed by atoms with van der Waals surface area (Å²) < 4.78 is 24.9. The lowest BCUT2D eigenvalue weighted by Gasteiger charge is -2.23. The molecule has 0 unspecified atom stereocenters. The fourth-order valence-corrected chi connectivity index (χ4v) is 3.70. The SMILES string of the molecule is CC(=O)Nc1nnc(S(=O)(=O)N2CCCCO2)s1. The third-order valence-corrected chi connectivity index (χ3v) is 5.01. The van der Waals surface area contributed by atoms with Crippen molar-refractivity contribution in [3.8, 4) is 0 Å². The molecule has 0 saturated carbocycles. The normalized spacial score (nSPS) is 17.6. The number of rotatable bonds is 3. The van der Waals surface area contributed by atoms with E-state index in [9.17, 15) is 13.2 Å². The van der Waals surface area contributed by atoms with Gasteiger partial charge in [0.15, 0.2) is 0 Å². The number of sulfonamides is 1. The molecule has 2 rings (SSSR count). The third kappa shape index (κ3) is 2.83. The summed E-state index contributed by atoms with van der Waals surface area (Å²) in [6.07, 6.45) is 1.58. The molecule has 0 radical (unpaired) electrons. The molecule has 2 heterocycles. The molecule has 0 aromatic carbocycles. The Bertz CT molecular complexity index is 535. The average molecular weight is 292 g/mol. The highest BCUT2D eigenvalue weighted by atomic mass is 32.2. The van der Waals surface area contributed by atoms with Crippen LogP contribution in [0.5, 0.6) is 0 Å². The average Bonchev–Trinajstić information content (AvgIpc) is 2.78. The van der Waals surface area contributed by atoms with E-state index in [2.05, 4.69) is 15.5 Å². The number of hydrogen-bond donors (Lipinski definition) is 1. The molecule has 0 spiro atoms. The fourth-order valence-electron chi connectivity index (χ4n) is 1.37. The van der Waals surface area contributed by atoms with Crippen LogP contribution in [-0.2, 0) is 19.7 Å². The van der Waals surface area contributed by atoms with Gasteiger partial charge in [0.05, 0.1) is 6.61 Å². The zero-order valence-electron chi connectivity index (χ0n) is 9.62. The van der Waals surface area contributed by atoms with Gasteiger partial charge in [-0.2, -0.15) is 0 Å². The molecule has 1 saturated heterocycles. The van der Waals surface area contributed by atoms with Crippen LogP contribution in [0.2, 0.25) is 0 Å². The van der Waals surface area contributed by atoms with E-state index in [4.69, 9.17) is 4.84 Å². The van der Waals surface area contributed by atoms with Gasteiger partial charge in [0.2, 0.25) is 11.0 Å². The molecule has 1 fully saturated rings. The molecule has 1 aliphatic rings. The van der Waals surface area contributed by atoms with Crippen LogP contribution < -0.4 is 5.32 Å². The lowest BCUT2D eigenvalue weighted by Crippen LogP contribution is -2.35. The van der Waals surface area contributed by atoms with Crippen LogP contribution in [0.4, 0.5) is 5.13 Å². The minimum absolute atomic E-state index is 0.151. The van der Waals surface area contributed by atoms with E-state index in [1.165, 1.54) is 6.92 Å². The van der Waals surface area contributed by atoms with Gasteiger partial charge < -0.3 is 5.32 Å². The van der Waals surface area contributed by atoms with Gasteiger partial charge in [-0.25, -0.2) is 8.42 Å². The summed E-state index contributed by atoms with van der Waals surface area (Å²) in [4.78, 5) is 15.9. The van der Waals surface area contributed by atoms with Crippen LogP contribution in [0, 0.1) is 0 Å². The molecule has 100 valence electrons. The molecule has 8 nitrogen and oxygen atoms in total. The molecule has 1 aliphatic heterocycles. The predicted octanol–water partition coefficient (Wildman–Crippen LogP) is 0.213. The van der Waals surface area contributed by atoms with Crippen molar-refractivity contribution in [2.45, 2.75) is 24.1 Å². The fraction of sp³-hybridized carbons (Fsp3) is 0.625. The number of nitrogens with zero attached hydrogens (tertiary/aromatic N) is 3. The standard InChI is InChI=1S/C8H12N4O4S2/c1-6(13)9-7-10-11-8(17-7)18(14,15)12-4-2-3-5-16-12/h2-5H2,1H3,(H,9,10,13). The summed E-state index contributed by atoms with van der Waals surface area (Å²) in [5, 5.41) is 9.69. The van der Waals surface area contributed by atoms with Crippen LogP contribution >= 0.6 is 11.3 Å². The van der Waals surface area contributed by atoms with Crippen LogP contribution in [0.25, 0.3) is 0 Å². The van der Waals surface area contributed by atoms with Gasteiger partial charge in [0, 0.05) is 13.5 Å². The molecule has 0 bridgehead atoms. The second kappa shape index (κ2) is 5.26. The number of amides is 1. The molecule has 0 atom stereocenters. The number of hydroxylamine groups is 1. The van der Waals surface area contributed by atoms with Gasteiger partial charge in [-0.3, -0.25) is 9.63 Å². The van der Waals surface area contributed by atoms with Crippen molar-refractivity contribution >= 4 is 32.4 Å². The van der Waals surface area contributed by atoms with Crippen molar-refractivity contribution in [3.63, 3.8) is 0 Å². The summed E-state index contributed by atoms with van der Waals surface area (Å²) >= 11 is 0.798. The number of hydrogen-bond acceptors (Lipinski definition) is 7. The van der Waals surface area contributed by atoms with E-state index >= 15 is 0 Å². The van der Waals surface area contributed by atoms with Crippen molar-refractivity contribution in [1.29, 1.82) is 0 Å². The highest BCUT2D eigenvalue weighted by molar-refractivity contribution is 7.91. The summed E-state index contributed by atoms with van der Waals surface area (Å²) in [5.74, 6) is -0.329. The van der Waals surface area contributed by atoms with Gasteiger partial charge in [-0.15, -0.1) is 10.2 Å². The zero-order chi connectivity index (χ0) is 13.2. The maximum atomic E-state index is 12.1. The molecule has 1 aromatic rings. The lowest BCUT2D eigenvalue weighted by atomic mass is 10.3. The topological polar surface area (TPSA) is 101 Å². The van der Waals surface area contributed by atoms with Crippen molar-refractivity contribution in [2.75, 3.05) is 18.5 Å². The Morgan fingerprint density at radius 3 is 2.83 bits per heavy atom. The van der Waals surface area contributed by atoms with E-state index in [-0.39, 0.29) is 15.4 Å². The first-order valence-corrected chi connectivity index (χ1v) is 7.52. The molecule has 10 heteroatoms. The van der Waals surface area contributed by atoms with Gasteiger partial charge >= 0.3 is 0 Å². The first-order valence-electron chi connectivity index (χ1n) is 5.27. The summed E-state index contributed by atoms with van der Waals surface area (Å²) in [5.41, 5.74) is 0. The maximum absolute atomic E-state index is 12.1. The van der Waals surface area contributed by atoms with Crippen LogP contribution in [-0.4, -0.2) is 42.1 Å². The van der Waals surface area contributed by atoms with Crippen LogP contribution in [0.1, 0.15) is 19.8 Å². The highest BCUT2D eigenvalue weighted by Crippen LogP contribution is 2.24. The number of carbonyl (C=O) groups is 1. The minimum Gasteiger partial charge on any atom is -0.301 e. The molecule has 1 amide bonds. The van der Waals surface area contributed by atoms with E-state index in [0.717, 1.165) is 28.6 Å². The number of anilines is 1. The molecular formula is C8H12N4O4S2. The number of carbonyl (C=O) groups excluding carboxylic acids is 1. The number of aromatic nitrogens is 2. The lowest BCUT2D eigenvalue weighted by molar-refractivity contribution is -0.114. The van der Waals surface area contributed by atoms with Crippen LogP contribution in [0.15, 0.2) is 4.34 Å². The number of nitrogens with one attached hydrogen (secondary N) is 1. The van der Waals surface area contributed by atoms with Crippen molar-refractivity contribution < 1.29 is 18.0 Å². The van der Waals surface area contributed by atoms with Crippen molar-refractivity contribution in [2.24, 2.45) is 0 Å². The molecule has 0 aliphatic carbocycles. The van der Waals surface area contributed by atoms with Gasteiger partial charge in [-0.1, -0.05) is 15.8 Å². The Labute approximate surface area is 108 Å². The third-order valence-electron chi connectivity index (χ3n) is 2.15. The van der Waals surface area contributed by atoms with Gasteiger partial charge in [0.25, 0.3) is 14.4 Å². The summed E-state index contributed by atoms with van der Waals surface area (Å²) in [6.45, 7) is 1.98. The summed E-state index contributed by atoms with van der Waals surface area (Å²) in [7, 11) is -3.77. The Balaban J connectivity index is 2.18. The van der Waals surface area contributed by atoms with Crippen molar-refractivity contribution in [1.82, 2.24) is 14.7 Å². The maximum Gasteiger partial charge on any atom is 0.294 e. The van der Waals surface area contributed by atoms with Gasteiger partial charge in [-0.05, 0) is 12.8 Å². The minimum atomic E-state index is -3.77. The van der Waals surface area contributed by atoms with Crippen molar-refractivity contribution in [3.05, 3.63) is 0 Å². The molecule has 1 aromatic heterocycles. The second-order valence-electron chi connectivity index (χ2n) is 3.63. The summed E-state index contributed by atoms with van der Waals surface area (Å²) in [6, 6.07) is 0. The molecular weight excluding hydrogens is 280 g/mol. The monoisotopic (exact) mass is 292 g/mol. The zero-order valence-corrected chi connectivity index (χ0v) is 11.3.